The first kappa shape index (κ1) is 24.4. The molecule has 0 aliphatic heterocycles. The summed E-state index contributed by atoms with van der Waals surface area (Å²) < 4.78 is 39.5. The molecular formula is C24H31N3O5S. The summed E-state index contributed by atoms with van der Waals surface area (Å²) in [5.41, 5.74) is 2.76. The van der Waals surface area contributed by atoms with Gasteiger partial charge in [-0.15, -0.1) is 0 Å². The standard InChI is InChI=1S/C24H31N3O5S/c1-3-4-5-6-7-10-15-32-24(28)27-33(29,30)26-22-17-19(13-14-23(22)31-2)21-16-18-11-8-9-12-20(18)25-21/h8-9,11-14,16-17,25-26H,3-7,10,15H2,1-2H3,(H,27,28). The van der Waals surface area contributed by atoms with E-state index in [-0.39, 0.29) is 12.3 Å². The SMILES string of the molecule is CCCCCCCCOC(=O)NS(=O)(=O)Nc1cc(-c2cc3ccccc3[nH]2)ccc1OC. The predicted octanol–water partition coefficient (Wildman–Crippen LogP) is 5.59. The predicted molar refractivity (Wildman–Crippen MR) is 131 cm³/mol. The summed E-state index contributed by atoms with van der Waals surface area (Å²) in [5.74, 6) is 0.320. The average Bonchev–Trinajstić information content (AvgIpc) is 3.22. The maximum Gasteiger partial charge on any atom is 0.422 e. The Kier molecular flexibility index (Phi) is 8.59. The van der Waals surface area contributed by atoms with Crippen LogP contribution in [0.1, 0.15) is 45.4 Å². The number of hydrogen-bond donors (Lipinski definition) is 3. The Morgan fingerprint density at radius 3 is 2.52 bits per heavy atom. The number of aromatic nitrogens is 1. The van der Waals surface area contributed by atoms with E-state index in [1.165, 1.54) is 20.0 Å². The summed E-state index contributed by atoms with van der Waals surface area (Å²) >= 11 is 0. The molecule has 178 valence electrons. The second-order valence-electron chi connectivity index (χ2n) is 7.80. The van der Waals surface area contributed by atoms with Gasteiger partial charge >= 0.3 is 16.3 Å². The van der Waals surface area contributed by atoms with E-state index in [0.29, 0.717) is 12.2 Å². The van der Waals surface area contributed by atoms with E-state index >= 15 is 0 Å². The molecule has 0 aliphatic rings. The molecule has 1 amide bonds. The van der Waals surface area contributed by atoms with Crippen molar-refractivity contribution >= 4 is 32.9 Å². The third kappa shape index (κ3) is 7.15. The normalized spacial score (nSPS) is 11.3. The molecule has 3 aromatic rings. The second-order valence-corrected chi connectivity index (χ2v) is 9.21. The van der Waals surface area contributed by atoms with Gasteiger partial charge in [0.1, 0.15) is 5.75 Å². The van der Waals surface area contributed by atoms with E-state index in [2.05, 4.69) is 16.6 Å². The molecule has 3 N–H and O–H groups in total. The van der Waals surface area contributed by atoms with Gasteiger partial charge in [0.15, 0.2) is 0 Å². The molecule has 3 rings (SSSR count). The number of benzene rings is 2. The first-order valence-electron chi connectivity index (χ1n) is 11.2. The highest BCUT2D eigenvalue weighted by molar-refractivity contribution is 7.91. The van der Waals surface area contributed by atoms with Crippen molar-refractivity contribution in [1.29, 1.82) is 0 Å². The Hall–Kier alpha value is -3.20. The third-order valence-electron chi connectivity index (χ3n) is 5.23. The number of carbonyl (C=O) groups excluding carboxylic acids is 1. The van der Waals surface area contributed by atoms with Crippen molar-refractivity contribution in [3.8, 4) is 17.0 Å². The number of ether oxygens (including phenoxy) is 2. The highest BCUT2D eigenvalue weighted by Gasteiger charge is 2.18. The first-order chi connectivity index (χ1) is 15.9. The maximum absolute atomic E-state index is 12.5. The number of carbonyl (C=O) groups is 1. The second kappa shape index (κ2) is 11.6. The Labute approximate surface area is 194 Å². The molecular weight excluding hydrogens is 442 g/mol. The number of anilines is 1. The summed E-state index contributed by atoms with van der Waals surface area (Å²) in [7, 11) is -2.77. The lowest BCUT2D eigenvalue weighted by Crippen LogP contribution is -2.36. The van der Waals surface area contributed by atoms with Gasteiger partial charge in [-0.3, -0.25) is 4.72 Å². The molecule has 0 fully saturated rings. The van der Waals surface area contributed by atoms with Crippen LogP contribution < -0.4 is 14.2 Å². The van der Waals surface area contributed by atoms with Crippen LogP contribution in [0.2, 0.25) is 0 Å². The number of nitrogens with one attached hydrogen (secondary N) is 3. The summed E-state index contributed by atoms with van der Waals surface area (Å²) in [5, 5.41) is 1.04. The molecule has 0 aliphatic carbocycles. The number of para-hydroxylation sites is 1. The van der Waals surface area contributed by atoms with Crippen molar-refractivity contribution in [3.63, 3.8) is 0 Å². The van der Waals surface area contributed by atoms with E-state index in [1.54, 1.807) is 12.1 Å². The van der Waals surface area contributed by atoms with Gasteiger partial charge in [-0.25, -0.2) is 9.52 Å². The van der Waals surface area contributed by atoms with Crippen LogP contribution in [0.4, 0.5) is 10.5 Å². The zero-order chi connectivity index (χ0) is 23.7. The van der Waals surface area contributed by atoms with Crippen LogP contribution in [-0.2, 0) is 14.9 Å². The van der Waals surface area contributed by atoms with Crippen LogP contribution in [-0.4, -0.2) is 33.2 Å². The molecule has 1 heterocycles. The summed E-state index contributed by atoms with van der Waals surface area (Å²) in [6, 6.07) is 14.9. The zero-order valence-corrected chi connectivity index (χ0v) is 19.8. The van der Waals surface area contributed by atoms with E-state index < -0.39 is 16.3 Å². The highest BCUT2D eigenvalue weighted by Crippen LogP contribution is 2.32. The van der Waals surface area contributed by atoms with Gasteiger partial charge in [0.25, 0.3) is 0 Å². The van der Waals surface area contributed by atoms with E-state index in [1.807, 2.05) is 41.1 Å². The molecule has 0 atom stereocenters. The molecule has 0 saturated heterocycles. The van der Waals surface area contributed by atoms with E-state index in [4.69, 9.17) is 9.47 Å². The minimum absolute atomic E-state index is 0.173. The van der Waals surface area contributed by atoms with E-state index in [9.17, 15) is 13.2 Å². The fourth-order valence-corrected chi connectivity index (χ4v) is 4.32. The zero-order valence-electron chi connectivity index (χ0n) is 19.0. The van der Waals surface area contributed by atoms with Crippen molar-refractivity contribution < 1.29 is 22.7 Å². The lowest BCUT2D eigenvalue weighted by molar-refractivity contribution is 0.150. The van der Waals surface area contributed by atoms with Crippen molar-refractivity contribution in [2.75, 3.05) is 18.4 Å². The topological polar surface area (TPSA) is 110 Å². The molecule has 0 radical (unpaired) electrons. The molecule has 0 bridgehead atoms. The lowest BCUT2D eigenvalue weighted by Gasteiger charge is -2.14. The molecule has 0 saturated carbocycles. The van der Waals surface area contributed by atoms with Crippen molar-refractivity contribution in [2.24, 2.45) is 0 Å². The number of aromatic amines is 1. The third-order valence-corrected chi connectivity index (χ3v) is 6.16. The number of rotatable bonds is 12. The molecule has 8 nitrogen and oxygen atoms in total. The Balaban J connectivity index is 1.62. The van der Waals surface area contributed by atoms with Gasteiger partial charge < -0.3 is 14.5 Å². The van der Waals surface area contributed by atoms with Crippen LogP contribution in [0.5, 0.6) is 5.75 Å². The number of hydrogen-bond acceptors (Lipinski definition) is 5. The van der Waals surface area contributed by atoms with Crippen molar-refractivity contribution in [2.45, 2.75) is 45.4 Å². The Morgan fingerprint density at radius 2 is 1.76 bits per heavy atom. The van der Waals surface area contributed by atoms with Gasteiger partial charge in [0.05, 0.1) is 19.4 Å². The Bertz CT molecular complexity index is 1140. The van der Waals surface area contributed by atoms with Gasteiger partial charge in [-0.05, 0) is 36.8 Å². The Morgan fingerprint density at radius 1 is 1.00 bits per heavy atom. The van der Waals surface area contributed by atoms with Gasteiger partial charge in [-0.2, -0.15) is 8.42 Å². The fraction of sp³-hybridized carbons (Fsp3) is 0.375. The first-order valence-corrected chi connectivity index (χ1v) is 12.6. The molecule has 0 spiro atoms. The molecule has 1 aromatic heterocycles. The minimum atomic E-state index is -4.21. The summed E-state index contributed by atoms with van der Waals surface area (Å²) in [4.78, 5) is 15.2. The highest BCUT2D eigenvalue weighted by atomic mass is 32.2. The number of amides is 1. The van der Waals surface area contributed by atoms with Gasteiger partial charge in [-0.1, -0.05) is 57.2 Å². The fourth-order valence-electron chi connectivity index (χ4n) is 3.54. The average molecular weight is 474 g/mol. The smallest absolute Gasteiger partial charge is 0.422 e. The van der Waals surface area contributed by atoms with Crippen molar-refractivity contribution in [3.05, 3.63) is 48.5 Å². The van der Waals surface area contributed by atoms with Gasteiger partial charge in [0, 0.05) is 22.2 Å². The van der Waals surface area contributed by atoms with Crippen LogP contribution >= 0.6 is 0 Å². The van der Waals surface area contributed by atoms with E-state index in [0.717, 1.165) is 41.4 Å². The minimum Gasteiger partial charge on any atom is -0.495 e. The number of methoxy groups -OCH3 is 1. The van der Waals surface area contributed by atoms with Crippen LogP contribution in [0.15, 0.2) is 48.5 Å². The lowest BCUT2D eigenvalue weighted by atomic mass is 10.1. The summed E-state index contributed by atoms with van der Waals surface area (Å²) in [6.45, 7) is 2.32. The largest absolute Gasteiger partial charge is 0.495 e. The maximum atomic E-state index is 12.5. The van der Waals surface area contributed by atoms with Crippen molar-refractivity contribution in [1.82, 2.24) is 9.71 Å². The summed E-state index contributed by atoms with van der Waals surface area (Å²) in [6.07, 6.45) is 5.21. The molecule has 0 unspecified atom stereocenters. The van der Waals surface area contributed by atoms with Crippen LogP contribution in [0.25, 0.3) is 22.2 Å². The van der Waals surface area contributed by atoms with Gasteiger partial charge in [0.2, 0.25) is 0 Å². The van der Waals surface area contributed by atoms with Crippen LogP contribution in [0.3, 0.4) is 0 Å². The van der Waals surface area contributed by atoms with Crippen LogP contribution in [0, 0.1) is 0 Å². The number of H-pyrrole nitrogens is 1. The number of fused-ring (bicyclic) bond motifs is 1. The molecule has 9 heteroatoms. The quantitative estimate of drug-likeness (QED) is 0.297. The molecule has 2 aromatic carbocycles. The number of unbranched alkanes of at least 4 members (excludes halogenated alkanes) is 5. The monoisotopic (exact) mass is 473 g/mol. The molecule has 33 heavy (non-hydrogen) atoms.